The van der Waals surface area contributed by atoms with Crippen LogP contribution >= 0.6 is 0 Å². The minimum absolute atomic E-state index is 0.0169. The van der Waals surface area contributed by atoms with Crippen molar-refractivity contribution in [1.29, 1.82) is 0 Å². The summed E-state index contributed by atoms with van der Waals surface area (Å²) < 4.78 is 6.33. The van der Waals surface area contributed by atoms with E-state index in [1.54, 1.807) is 0 Å². The van der Waals surface area contributed by atoms with Crippen LogP contribution in [0.3, 0.4) is 0 Å². The van der Waals surface area contributed by atoms with Crippen LogP contribution in [0.5, 0.6) is 5.75 Å². The van der Waals surface area contributed by atoms with E-state index < -0.39 is 0 Å². The van der Waals surface area contributed by atoms with Gasteiger partial charge < -0.3 is 10.5 Å². The first-order valence-corrected chi connectivity index (χ1v) is 9.11. The molecule has 2 nitrogen and oxygen atoms in total. The van der Waals surface area contributed by atoms with E-state index in [4.69, 9.17) is 10.5 Å². The summed E-state index contributed by atoms with van der Waals surface area (Å²) >= 11 is 0. The van der Waals surface area contributed by atoms with Gasteiger partial charge in [0.2, 0.25) is 0 Å². The van der Waals surface area contributed by atoms with Crippen LogP contribution in [-0.4, -0.2) is 0 Å². The summed E-state index contributed by atoms with van der Waals surface area (Å²) in [4.78, 5) is 0. The lowest BCUT2D eigenvalue weighted by Gasteiger charge is -2.30. The standard InChI is InChI=1S/C23H33NO/c1-16(24)19-13-18(22(2,3)4)14-20(23(5,6)7)21(19)25-15-17-11-9-8-10-12-17/h8-14,16H,15,24H2,1-7H3/t16-/m1/s1. The molecule has 0 aromatic heterocycles. The van der Waals surface area contributed by atoms with Crippen LogP contribution in [0, 0.1) is 0 Å². The quantitative estimate of drug-likeness (QED) is 0.755. The third-order valence-corrected chi connectivity index (χ3v) is 4.51. The molecule has 136 valence electrons. The minimum Gasteiger partial charge on any atom is -0.488 e. The number of nitrogens with two attached hydrogens (primary N) is 1. The summed E-state index contributed by atoms with van der Waals surface area (Å²) in [6.45, 7) is 16.0. The summed E-state index contributed by atoms with van der Waals surface area (Å²) in [6, 6.07) is 14.7. The average molecular weight is 340 g/mol. The highest BCUT2D eigenvalue weighted by Gasteiger charge is 2.27. The lowest BCUT2D eigenvalue weighted by atomic mass is 9.78. The fraction of sp³-hybridized carbons (Fsp3) is 0.478. The summed E-state index contributed by atoms with van der Waals surface area (Å²) in [6.07, 6.45) is 0. The number of benzene rings is 2. The van der Waals surface area contributed by atoms with Crippen molar-refractivity contribution in [2.24, 2.45) is 5.73 Å². The van der Waals surface area contributed by atoms with Crippen molar-refractivity contribution in [3.05, 3.63) is 64.7 Å². The molecule has 0 aliphatic carbocycles. The van der Waals surface area contributed by atoms with E-state index in [1.807, 2.05) is 25.1 Å². The molecule has 0 saturated heterocycles. The zero-order chi connectivity index (χ0) is 18.8. The Morgan fingerprint density at radius 2 is 1.52 bits per heavy atom. The predicted octanol–water partition coefficient (Wildman–Crippen LogP) is 5.88. The maximum Gasteiger partial charge on any atom is 0.128 e. The molecule has 25 heavy (non-hydrogen) atoms. The second-order valence-corrected chi connectivity index (χ2v) is 9.01. The topological polar surface area (TPSA) is 35.2 Å². The maximum atomic E-state index is 6.33. The van der Waals surface area contributed by atoms with Crippen LogP contribution in [0.25, 0.3) is 0 Å². The van der Waals surface area contributed by atoms with Crippen molar-refractivity contribution in [2.45, 2.75) is 71.9 Å². The number of hydrogen-bond acceptors (Lipinski definition) is 2. The highest BCUT2D eigenvalue weighted by atomic mass is 16.5. The van der Waals surface area contributed by atoms with Gasteiger partial charge in [-0.2, -0.15) is 0 Å². The second kappa shape index (κ2) is 7.21. The van der Waals surface area contributed by atoms with E-state index in [9.17, 15) is 0 Å². The molecule has 0 aliphatic heterocycles. The minimum atomic E-state index is -0.0748. The molecule has 2 heteroatoms. The van der Waals surface area contributed by atoms with Gasteiger partial charge >= 0.3 is 0 Å². The summed E-state index contributed by atoms with van der Waals surface area (Å²) in [5, 5.41) is 0. The van der Waals surface area contributed by atoms with Gasteiger partial charge in [-0.25, -0.2) is 0 Å². The largest absolute Gasteiger partial charge is 0.488 e. The molecule has 1 atom stereocenters. The average Bonchev–Trinajstić information content (AvgIpc) is 2.51. The smallest absolute Gasteiger partial charge is 0.128 e. The molecule has 0 saturated carbocycles. The lowest BCUT2D eigenvalue weighted by molar-refractivity contribution is 0.292. The third-order valence-electron chi connectivity index (χ3n) is 4.51. The molecule has 2 rings (SSSR count). The van der Waals surface area contributed by atoms with Crippen molar-refractivity contribution in [2.75, 3.05) is 0 Å². The van der Waals surface area contributed by atoms with E-state index >= 15 is 0 Å². The van der Waals surface area contributed by atoms with Crippen molar-refractivity contribution >= 4 is 0 Å². The molecule has 2 aromatic rings. The van der Waals surface area contributed by atoms with Gasteiger partial charge in [0.1, 0.15) is 12.4 Å². The Labute approximate surface area is 153 Å². The van der Waals surface area contributed by atoms with Gasteiger partial charge in [0.15, 0.2) is 0 Å². The van der Waals surface area contributed by atoms with Crippen LogP contribution in [0.1, 0.15) is 76.8 Å². The molecule has 0 fully saturated rings. The van der Waals surface area contributed by atoms with Gasteiger partial charge in [0.25, 0.3) is 0 Å². The van der Waals surface area contributed by atoms with Crippen LogP contribution in [0.2, 0.25) is 0 Å². The van der Waals surface area contributed by atoms with Crippen LogP contribution in [0.4, 0.5) is 0 Å². The summed E-state index contributed by atoms with van der Waals surface area (Å²) in [5.74, 6) is 0.944. The summed E-state index contributed by atoms with van der Waals surface area (Å²) in [5.41, 5.74) is 11.2. The maximum absolute atomic E-state index is 6.33. The zero-order valence-corrected chi connectivity index (χ0v) is 16.8. The fourth-order valence-electron chi connectivity index (χ4n) is 2.87. The van der Waals surface area contributed by atoms with Crippen molar-refractivity contribution in [3.63, 3.8) is 0 Å². The van der Waals surface area contributed by atoms with E-state index in [2.05, 4.69) is 65.8 Å². The Kier molecular flexibility index (Phi) is 5.63. The number of hydrogen-bond donors (Lipinski definition) is 1. The molecular weight excluding hydrogens is 306 g/mol. The fourth-order valence-corrected chi connectivity index (χ4v) is 2.87. The number of ether oxygens (including phenoxy) is 1. The van der Waals surface area contributed by atoms with Gasteiger partial charge in [0, 0.05) is 17.2 Å². The molecule has 0 unspecified atom stereocenters. The van der Waals surface area contributed by atoms with E-state index in [-0.39, 0.29) is 16.9 Å². The Bertz CT molecular complexity index is 703. The lowest BCUT2D eigenvalue weighted by Crippen LogP contribution is -2.21. The van der Waals surface area contributed by atoms with Gasteiger partial charge in [-0.05, 0) is 34.9 Å². The van der Waals surface area contributed by atoms with Gasteiger partial charge in [-0.15, -0.1) is 0 Å². The van der Waals surface area contributed by atoms with Gasteiger partial charge in [-0.3, -0.25) is 0 Å². The molecule has 0 aliphatic rings. The van der Waals surface area contributed by atoms with Crippen molar-refractivity contribution < 1.29 is 4.74 Å². The highest BCUT2D eigenvalue weighted by molar-refractivity contribution is 5.50. The Morgan fingerprint density at radius 1 is 0.920 bits per heavy atom. The van der Waals surface area contributed by atoms with Gasteiger partial charge in [-0.1, -0.05) is 77.9 Å². The Hall–Kier alpha value is -1.80. The second-order valence-electron chi connectivity index (χ2n) is 9.01. The molecule has 0 amide bonds. The Morgan fingerprint density at radius 3 is 2.00 bits per heavy atom. The Balaban J connectivity index is 2.55. The van der Waals surface area contributed by atoms with E-state index in [0.717, 1.165) is 16.9 Å². The monoisotopic (exact) mass is 339 g/mol. The van der Waals surface area contributed by atoms with Gasteiger partial charge in [0.05, 0.1) is 0 Å². The first kappa shape index (κ1) is 19.5. The molecule has 2 N–H and O–H groups in total. The molecule has 0 spiro atoms. The van der Waals surface area contributed by atoms with E-state index in [1.165, 1.54) is 11.1 Å². The molecule has 0 radical (unpaired) electrons. The van der Waals surface area contributed by atoms with Crippen molar-refractivity contribution in [3.8, 4) is 5.75 Å². The van der Waals surface area contributed by atoms with E-state index in [0.29, 0.717) is 6.61 Å². The SMILES string of the molecule is C[C@@H](N)c1cc(C(C)(C)C)cc(C(C)(C)C)c1OCc1ccccc1. The van der Waals surface area contributed by atoms with Crippen LogP contribution < -0.4 is 10.5 Å². The normalized spacial score (nSPS) is 13.6. The first-order valence-electron chi connectivity index (χ1n) is 9.11. The molecular formula is C23H33NO. The summed E-state index contributed by atoms with van der Waals surface area (Å²) in [7, 11) is 0. The highest BCUT2D eigenvalue weighted by Crippen LogP contribution is 2.40. The third kappa shape index (κ3) is 4.85. The molecule has 0 heterocycles. The number of rotatable bonds is 4. The molecule has 2 aromatic carbocycles. The first-order chi connectivity index (χ1) is 11.5. The van der Waals surface area contributed by atoms with Crippen molar-refractivity contribution in [1.82, 2.24) is 0 Å². The van der Waals surface area contributed by atoms with Crippen LogP contribution in [0.15, 0.2) is 42.5 Å². The zero-order valence-electron chi connectivity index (χ0n) is 16.8. The van der Waals surface area contributed by atoms with Crippen LogP contribution in [-0.2, 0) is 17.4 Å². The predicted molar refractivity (Wildman–Crippen MR) is 107 cm³/mol. The molecule has 0 bridgehead atoms.